The smallest absolute Gasteiger partial charge is 0.160 e. The average molecular weight is 809 g/mol. The van der Waals surface area contributed by atoms with E-state index >= 15 is 0 Å². The van der Waals surface area contributed by atoms with Gasteiger partial charge in [-0.15, -0.1) is 11.3 Å². The molecule has 0 amide bonds. The lowest BCUT2D eigenvalue weighted by Gasteiger charge is -2.21. The zero-order valence-corrected chi connectivity index (χ0v) is 35.2. The zero-order chi connectivity index (χ0) is 41.4. The molecule has 9 aromatic carbocycles. The molecule has 1 aliphatic carbocycles. The van der Waals surface area contributed by atoms with Crippen molar-refractivity contribution in [2.75, 3.05) is 0 Å². The first kappa shape index (κ1) is 36.4. The third kappa shape index (κ3) is 5.92. The molecule has 0 saturated heterocycles. The predicted molar refractivity (Wildman–Crippen MR) is 263 cm³/mol. The molecule has 292 valence electrons. The molecule has 62 heavy (non-hydrogen) atoms. The number of nitrogens with zero attached hydrogens (tertiary/aromatic N) is 2. The highest BCUT2D eigenvalue weighted by Gasteiger charge is 2.36. The van der Waals surface area contributed by atoms with Gasteiger partial charge in [0.1, 0.15) is 0 Å². The first-order valence-electron chi connectivity index (χ1n) is 21.3. The van der Waals surface area contributed by atoms with Crippen LogP contribution in [0, 0.1) is 0 Å². The van der Waals surface area contributed by atoms with Crippen LogP contribution in [0.4, 0.5) is 0 Å². The summed E-state index contributed by atoms with van der Waals surface area (Å²) >= 11 is 1.87. The number of hydrogen-bond donors (Lipinski definition) is 0. The van der Waals surface area contributed by atoms with Crippen molar-refractivity contribution < 1.29 is 0 Å². The standard InChI is InChI=1S/C59H40N2S/c1-59(2)51-29-10-8-24-50(51)56-46(26-15-30-52(56)59)39-20-12-21-40(32-39)53-36-54(61-58(60-53)38-17-4-3-5-18-38)43-34-41(45-25-13-19-37-16-6-7-22-44(37)45)33-42(35-43)47-27-14-28-49-48-23-9-11-31-55(48)62-57(47)49/h3-36H,1-2H3. The van der Waals surface area contributed by atoms with Gasteiger partial charge < -0.3 is 0 Å². The van der Waals surface area contributed by atoms with E-state index in [0.717, 1.165) is 39.2 Å². The zero-order valence-electron chi connectivity index (χ0n) is 34.4. The molecule has 0 radical (unpaired) electrons. The average Bonchev–Trinajstić information content (AvgIpc) is 3.83. The Morgan fingerprint density at radius 2 is 0.919 bits per heavy atom. The van der Waals surface area contributed by atoms with Gasteiger partial charge in [-0.2, -0.15) is 0 Å². The van der Waals surface area contributed by atoms with Gasteiger partial charge in [0.15, 0.2) is 5.82 Å². The first-order valence-corrected chi connectivity index (χ1v) is 22.1. The van der Waals surface area contributed by atoms with E-state index in [1.54, 1.807) is 0 Å². The van der Waals surface area contributed by atoms with Crippen LogP contribution < -0.4 is 0 Å². The van der Waals surface area contributed by atoms with Crippen molar-refractivity contribution >= 4 is 42.3 Å². The molecule has 2 aromatic heterocycles. The number of aromatic nitrogens is 2. The van der Waals surface area contributed by atoms with E-state index in [1.165, 1.54) is 75.5 Å². The van der Waals surface area contributed by atoms with Crippen molar-refractivity contribution in [2.24, 2.45) is 0 Å². The lowest BCUT2D eigenvalue weighted by Crippen LogP contribution is -2.14. The normalized spacial score (nSPS) is 12.8. The maximum absolute atomic E-state index is 5.39. The van der Waals surface area contributed by atoms with Crippen molar-refractivity contribution in [2.45, 2.75) is 19.3 Å². The molecule has 11 aromatic rings. The molecule has 3 heteroatoms. The minimum Gasteiger partial charge on any atom is -0.228 e. The predicted octanol–water partition coefficient (Wildman–Crippen LogP) is 16.3. The molecule has 0 spiro atoms. The van der Waals surface area contributed by atoms with Crippen molar-refractivity contribution in [3.63, 3.8) is 0 Å². The van der Waals surface area contributed by atoms with Crippen molar-refractivity contribution in [3.8, 4) is 78.4 Å². The lowest BCUT2D eigenvalue weighted by molar-refractivity contribution is 0.660. The fourth-order valence-corrected chi connectivity index (χ4v) is 11.1. The third-order valence-corrected chi connectivity index (χ3v) is 14.1. The summed E-state index contributed by atoms with van der Waals surface area (Å²) in [6.45, 7) is 4.68. The van der Waals surface area contributed by atoms with Gasteiger partial charge >= 0.3 is 0 Å². The highest BCUT2D eigenvalue weighted by atomic mass is 32.1. The molecular weight excluding hydrogens is 769 g/mol. The van der Waals surface area contributed by atoms with Crippen LogP contribution in [-0.4, -0.2) is 9.97 Å². The summed E-state index contributed by atoms with van der Waals surface area (Å²) in [4.78, 5) is 10.7. The largest absolute Gasteiger partial charge is 0.228 e. The summed E-state index contributed by atoms with van der Waals surface area (Å²) in [5.41, 5.74) is 17.3. The second-order valence-electron chi connectivity index (χ2n) is 16.9. The van der Waals surface area contributed by atoms with Crippen LogP contribution >= 0.6 is 11.3 Å². The molecule has 2 heterocycles. The van der Waals surface area contributed by atoms with E-state index in [9.17, 15) is 0 Å². The summed E-state index contributed by atoms with van der Waals surface area (Å²) in [6.07, 6.45) is 0. The van der Waals surface area contributed by atoms with E-state index < -0.39 is 0 Å². The van der Waals surface area contributed by atoms with Crippen LogP contribution in [0.3, 0.4) is 0 Å². The summed E-state index contributed by atoms with van der Waals surface area (Å²) in [6, 6.07) is 74.9. The number of hydrogen-bond acceptors (Lipinski definition) is 3. The lowest BCUT2D eigenvalue weighted by atomic mass is 9.82. The minimum absolute atomic E-state index is 0.0758. The molecule has 12 rings (SSSR count). The molecule has 0 atom stereocenters. The van der Waals surface area contributed by atoms with Crippen LogP contribution in [-0.2, 0) is 5.41 Å². The van der Waals surface area contributed by atoms with Crippen LogP contribution in [0.25, 0.3) is 109 Å². The monoisotopic (exact) mass is 808 g/mol. The van der Waals surface area contributed by atoms with Crippen LogP contribution in [0.5, 0.6) is 0 Å². The van der Waals surface area contributed by atoms with E-state index in [1.807, 2.05) is 17.4 Å². The molecule has 2 nitrogen and oxygen atoms in total. The Balaban J connectivity index is 1.07. The SMILES string of the molecule is CC1(C)c2ccccc2-c2c(-c3cccc(-c4cc(-c5cc(-c6cccc7ccccc67)cc(-c6cccc7c6sc6ccccc67)c5)nc(-c5ccccc5)n4)c3)cccc21. The number of benzene rings is 9. The number of fused-ring (bicyclic) bond motifs is 7. The third-order valence-electron chi connectivity index (χ3n) is 12.9. The summed E-state index contributed by atoms with van der Waals surface area (Å²) in [7, 11) is 0. The quantitative estimate of drug-likeness (QED) is 0.167. The Morgan fingerprint density at radius 1 is 0.371 bits per heavy atom. The fraction of sp³-hybridized carbons (Fsp3) is 0.0508. The van der Waals surface area contributed by atoms with E-state index in [0.29, 0.717) is 5.82 Å². The molecular formula is C59H40N2S. The Kier molecular flexibility index (Phi) is 8.41. The highest BCUT2D eigenvalue weighted by Crippen LogP contribution is 2.52. The number of thiophene rings is 1. The van der Waals surface area contributed by atoms with Gasteiger partial charge in [0.05, 0.1) is 11.4 Å². The Bertz CT molecular complexity index is 3550. The van der Waals surface area contributed by atoms with Gasteiger partial charge in [0.2, 0.25) is 0 Å². The summed E-state index contributed by atoms with van der Waals surface area (Å²) in [5.74, 6) is 0.698. The maximum atomic E-state index is 5.39. The Labute approximate surface area is 365 Å². The van der Waals surface area contributed by atoms with E-state index in [2.05, 4.69) is 214 Å². The molecule has 0 saturated carbocycles. The Morgan fingerprint density at radius 3 is 1.81 bits per heavy atom. The minimum atomic E-state index is -0.0758. The number of rotatable bonds is 6. The molecule has 0 unspecified atom stereocenters. The molecule has 0 fully saturated rings. The van der Waals surface area contributed by atoms with Gasteiger partial charge in [-0.05, 0) is 103 Å². The van der Waals surface area contributed by atoms with Gasteiger partial charge in [-0.1, -0.05) is 184 Å². The maximum Gasteiger partial charge on any atom is 0.160 e. The molecule has 0 aliphatic heterocycles. The highest BCUT2D eigenvalue weighted by molar-refractivity contribution is 7.26. The van der Waals surface area contributed by atoms with Crippen LogP contribution in [0.2, 0.25) is 0 Å². The second-order valence-corrected chi connectivity index (χ2v) is 18.0. The van der Waals surface area contributed by atoms with Crippen molar-refractivity contribution in [1.29, 1.82) is 0 Å². The molecule has 0 bridgehead atoms. The molecule has 1 aliphatic rings. The van der Waals surface area contributed by atoms with Crippen molar-refractivity contribution in [3.05, 3.63) is 217 Å². The molecule has 0 N–H and O–H groups in total. The van der Waals surface area contributed by atoms with E-state index in [-0.39, 0.29) is 5.41 Å². The van der Waals surface area contributed by atoms with Gasteiger partial charge in [-0.25, -0.2) is 9.97 Å². The van der Waals surface area contributed by atoms with Gasteiger partial charge in [-0.3, -0.25) is 0 Å². The fourth-order valence-electron chi connectivity index (χ4n) is 9.84. The van der Waals surface area contributed by atoms with Gasteiger partial charge in [0, 0.05) is 42.3 Å². The van der Waals surface area contributed by atoms with Crippen LogP contribution in [0.1, 0.15) is 25.0 Å². The topological polar surface area (TPSA) is 25.8 Å². The summed E-state index contributed by atoms with van der Waals surface area (Å²) < 4.78 is 2.59. The first-order chi connectivity index (χ1) is 30.5. The Hall–Kier alpha value is -7.46. The summed E-state index contributed by atoms with van der Waals surface area (Å²) in [5, 5.41) is 5.02. The van der Waals surface area contributed by atoms with Crippen LogP contribution in [0.15, 0.2) is 206 Å². The van der Waals surface area contributed by atoms with E-state index in [4.69, 9.17) is 9.97 Å². The van der Waals surface area contributed by atoms with Gasteiger partial charge in [0.25, 0.3) is 0 Å². The second kappa shape index (κ2) is 14.3. The van der Waals surface area contributed by atoms with Crippen molar-refractivity contribution in [1.82, 2.24) is 9.97 Å².